The number of rotatable bonds is 4. The highest BCUT2D eigenvalue weighted by Gasteiger charge is 2.12. The quantitative estimate of drug-likeness (QED) is 0.931. The lowest BCUT2D eigenvalue weighted by Crippen LogP contribution is -2.02. The summed E-state index contributed by atoms with van der Waals surface area (Å²) in [4.78, 5) is 0. The third-order valence-electron chi connectivity index (χ3n) is 3.30. The van der Waals surface area contributed by atoms with Gasteiger partial charge in [0.05, 0.1) is 14.2 Å². The Bertz CT molecular complexity index is 626. The molecule has 0 radical (unpaired) electrons. The van der Waals surface area contributed by atoms with E-state index < -0.39 is 0 Å². The summed E-state index contributed by atoms with van der Waals surface area (Å²) in [5.41, 5.74) is 9.15. The van der Waals surface area contributed by atoms with E-state index in [1.807, 2.05) is 12.1 Å². The molecule has 0 heterocycles. The molecule has 0 amide bonds. The molecule has 0 saturated carbocycles. The van der Waals surface area contributed by atoms with Crippen molar-refractivity contribution in [3.63, 3.8) is 0 Å². The van der Waals surface area contributed by atoms with E-state index in [0.29, 0.717) is 23.6 Å². The highest BCUT2D eigenvalue weighted by Crippen LogP contribution is 2.36. The van der Waals surface area contributed by atoms with Crippen LogP contribution in [-0.2, 0) is 6.54 Å². The highest BCUT2D eigenvalue weighted by atomic mass is 19.1. The second-order valence-corrected chi connectivity index (χ2v) is 4.53. The van der Waals surface area contributed by atoms with Crippen molar-refractivity contribution in [2.45, 2.75) is 13.5 Å². The Kier molecular flexibility index (Phi) is 4.25. The minimum atomic E-state index is -0.219. The van der Waals surface area contributed by atoms with Crippen molar-refractivity contribution in [3.8, 4) is 22.6 Å². The average Bonchev–Trinajstić information content (AvgIpc) is 2.48. The molecule has 3 nitrogen and oxygen atoms in total. The molecule has 2 rings (SSSR count). The second-order valence-electron chi connectivity index (χ2n) is 4.53. The number of hydrogen-bond acceptors (Lipinski definition) is 3. The third-order valence-corrected chi connectivity index (χ3v) is 3.30. The van der Waals surface area contributed by atoms with Gasteiger partial charge < -0.3 is 15.2 Å². The van der Waals surface area contributed by atoms with Crippen molar-refractivity contribution >= 4 is 0 Å². The normalized spacial score (nSPS) is 10.4. The summed E-state index contributed by atoms with van der Waals surface area (Å²) in [5.74, 6) is 1.04. The largest absolute Gasteiger partial charge is 0.493 e. The van der Waals surface area contributed by atoms with E-state index in [9.17, 15) is 4.39 Å². The molecule has 2 aromatic rings. The molecule has 0 aromatic heterocycles. The second kappa shape index (κ2) is 5.92. The van der Waals surface area contributed by atoms with Crippen LogP contribution in [0.25, 0.3) is 11.1 Å². The number of halogens is 1. The Morgan fingerprint density at radius 1 is 1.05 bits per heavy atom. The van der Waals surface area contributed by atoms with E-state index in [2.05, 4.69) is 0 Å². The van der Waals surface area contributed by atoms with E-state index in [1.165, 1.54) is 6.07 Å². The number of nitrogens with two attached hydrogens (primary N) is 1. The first-order valence-corrected chi connectivity index (χ1v) is 6.32. The standard InChI is InChI=1S/C16H18FNO2/c1-10-6-11(4-5-14(10)17)13-8-16(20-3)15(19-2)7-12(13)9-18/h4-8H,9,18H2,1-3H3. The highest BCUT2D eigenvalue weighted by molar-refractivity contribution is 5.71. The van der Waals surface area contributed by atoms with E-state index >= 15 is 0 Å². The van der Waals surface area contributed by atoms with E-state index in [0.717, 1.165) is 16.7 Å². The van der Waals surface area contributed by atoms with Gasteiger partial charge >= 0.3 is 0 Å². The fourth-order valence-electron chi connectivity index (χ4n) is 2.17. The van der Waals surface area contributed by atoms with Crippen LogP contribution in [0.5, 0.6) is 11.5 Å². The first-order valence-electron chi connectivity index (χ1n) is 6.32. The molecule has 0 aliphatic carbocycles. The lowest BCUT2D eigenvalue weighted by atomic mass is 9.97. The van der Waals surface area contributed by atoms with Crippen molar-refractivity contribution in [2.24, 2.45) is 5.73 Å². The van der Waals surface area contributed by atoms with Crippen LogP contribution in [0.3, 0.4) is 0 Å². The smallest absolute Gasteiger partial charge is 0.161 e. The average molecular weight is 275 g/mol. The molecule has 0 aliphatic heterocycles. The van der Waals surface area contributed by atoms with Gasteiger partial charge in [0.1, 0.15) is 5.82 Å². The van der Waals surface area contributed by atoms with E-state index in [1.54, 1.807) is 33.3 Å². The van der Waals surface area contributed by atoms with Crippen molar-refractivity contribution in [1.82, 2.24) is 0 Å². The Morgan fingerprint density at radius 3 is 2.25 bits per heavy atom. The van der Waals surface area contributed by atoms with Crippen LogP contribution >= 0.6 is 0 Å². The minimum absolute atomic E-state index is 0.219. The maximum Gasteiger partial charge on any atom is 0.161 e. The van der Waals surface area contributed by atoms with Crippen molar-refractivity contribution < 1.29 is 13.9 Å². The number of hydrogen-bond donors (Lipinski definition) is 1. The fraction of sp³-hybridized carbons (Fsp3) is 0.250. The van der Waals surface area contributed by atoms with E-state index in [4.69, 9.17) is 15.2 Å². The summed E-state index contributed by atoms with van der Waals surface area (Å²) in [6.45, 7) is 2.10. The number of aryl methyl sites for hydroxylation is 1. The van der Waals surface area contributed by atoms with Gasteiger partial charge in [-0.25, -0.2) is 4.39 Å². The zero-order valence-electron chi connectivity index (χ0n) is 11.9. The van der Waals surface area contributed by atoms with Crippen LogP contribution in [0.4, 0.5) is 4.39 Å². The predicted octanol–water partition coefficient (Wildman–Crippen LogP) is 3.28. The molecule has 106 valence electrons. The Hall–Kier alpha value is -2.07. The van der Waals surface area contributed by atoms with Gasteiger partial charge in [-0.05, 0) is 53.4 Å². The maximum absolute atomic E-state index is 13.4. The summed E-state index contributed by atoms with van der Waals surface area (Å²) < 4.78 is 24.0. The minimum Gasteiger partial charge on any atom is -0.493 e. The number of ether oxygens (including phenoxy) is 2. The monoisotopic (exact) mass is 275 g/mol. The number of benzene rings is 2. The lowest BCUT2D eigenvalue weighted by Gasteiger charge is -2.14. The van der Waals surface area contributed by atoms with Crippen molar-refractivity contribution in [3.05, 3.63) is 47.3 Å². The van der Waals surface area contributed by atoms with Gasteiger partial charge in [-0.2, -0.15) is 0 Å². The van der Waals surface area contributed by atoms with Gasteiger partial charge in [0.15, 0.2) is 11.5 Å². The molecule has 0 saturated heterocycles. The summed E-state index contributed by atoms with van der Waals surface area (Å²) in [6, 6.07) is 8.72. The molecule has 2 N–H and O–H groups in total. The van der Waals surface area contributed by atoms with Gasteiger partial charge in [-0.15, -0.1) is 0 Å². The molecule has 0 bridgehead atoms. The molecule has 0 unspecified atom stereocenters. The fourth-order valence-corrected chi connectivity index (χ4v) is 2.17. The Labute approximate surface area is 118 Å². The number of methoxy groups -OCH3 is 2. The SMILES string of the molecule is COc1cc(CN)c(-c2ccc(F)c(C)c2)cc1OC. The van der Waals surface area contributed by atoms with Crippen LogP contribution in [0.15, 0.2) is 30.3 Å². The Morgan fingerprint density at radius 2 is 1.70 bits per heavy atom. The van der Waals surface area contributed by atoms with Crippen LogP contribution in [0.2, 0.25) is 0 Å². The first-order chi connectivity index (χ1) is 9.60. The van der Waals surface area contributed by atoms with Crippen molar-refractivity contribution in [1.29, 1.82) is 0 Å². The van der Waals surface area contributed by atoms with Crippen LogP contribution in [-0.4, -0.2) is 14.2 Å². The molecule has 0 fully saturated rings. The maximum atomic E-state index is 13.4. The molecule has 2 aromatic carbocycles. The van der Waals surface area contributed by atoms with Crippen LogP contribution in [0, 0.1) is 12.7 Å². The molecule has 0 spiro atoms. The van der Waals surface area contributed by atoms with Crippen LogP contribution in [0.1, 0.15) is 11.1 Å². The van der Waals surface area contributed by atoms with Gasteiger partial charge in [0.2, 0.25) is 0 Å². The molecule has 4 heteroatoms. The summed E-state index contributed by atoms with van der Waals surface area (Å²) >= 11 is 0. The predicted molar refractivity (Wildman–Crippen MR) is 77.6 cm³/mol. The third kappa shape index (κ3) is 2.60. The van der Waals surface area contributed by atoms with E-state index in [-0.39, 0.29) is 5.82 Å². The summed E-state index contributed by atoms with van der Waals surface area (Å²) in [6.07, 6.45) is 0. The zero-order chi connectivity index (χ0) is 14.7. The van der Waals surface area contributed by atoms with Gasteiger partial charge in [0.25, 0.3) is 0 Å². The molecular formula is C16H18FNO2. The van der Waals surface area contributed by atoms with Crippen LogP contribution < -0.4 is 15.2 Å². The van der Waals surface area contributed by atoms with Gasteiger partial charge in [-0.1, -0.05) is 6.07 Å². The summed E-state index contributed by atoms with van der Waals surface area (Å²) in [7, 11) is 3.17. The molecule has 0 atom stereocenters. The Balaban J connectivity index is 2.62. The van der Waals surface area contributed by atoms with Gasteiger partial charge in [0, 0.05) is 6.54 Å². The topological polar surface area (TPSA) is 44.5 Å². The molecule has 20 heavy (non-hydrogen) atoms. The first kappa shape index (κ1) is 14.3. The lowest BCUT2D eigenvalue weighted by molar-refractivity contribution is 0.354. The molecular weight excluding hydrogens is 257 g/mol. The summed E-state index contributed by atoms with van der Waals surface area (Å²) in [5, 5.41) is 0. The zero-order valence-corrected chi connectivity index (χ0v) is 11.9. The van der Waals surface area contributed by atoms with Gasteiger partial charge in [-0.3, -0.25) is 0 Å². The molecule has 0 aliphatic rings. The van der Waals surface area contributed by atoms with Crippen molar-refractivity contribution in [2.75, 3.05) is 14.2 Å².